The van der Waals surface area contributed by atoms with Crippen molar-refractivity contribution in [3.8, 4) is 0 Å². The third kappa shape index (κ3) is 13.0. The Bertz CT molecular complexity index is 232. The van der Waals surface area contributed by atoms with E-state index in [4.69, 9.17) is 0 Å². The molecule has 0 heterocycles. The fraction of sp³-hybridized carbons (Fsp3) is 1.00. The molecular weight excluding hydrogens is 276 g/mol. The first-order valence-electron chi connectivity index (χ1n) is 11.3. The van der Waals surface area contributed by atoms with Crippen molar-refractivity contribution in [2.24, 2.45) is 11.8 Å². The zero-order valence-corrected chi connectivity index (χ0v) is 16.6. The zero-order valence-electron chi connectivity index (χ0n) is 16.6. The second kappa shape index (κ2) is 15.5. The Morgan fingerprint density at radius 3 is 1.39 bits per heavy atom. The van der Waals surface area contributed by atoms with E-state index in [1.807, 2.05) is 0 Å². The summed E-state index contributed by atoms with van der Waals surface area (Å²) in [6.07, 6.45) is 28.3. The second-order valence-electron chi connectivity index (χ2n) is 8.52. The van der Waals surface area contributed by atoms with Crippen LogP contribution in [0.15, 0.2) is 0 Å². The Hall–Kier alpha value is 0. The van der Waals surface area contributed by atoms with Crippen molar-refractivity contribution in [2.45, 2.75) is 136 Å². The summed E-state index contributed by atoms with van der Waals surface area (Å²) in [5, 5.41) is 0. The lowest BCUT2D eigenvalue weighted by Gasteiger charge is -2.20. The van der Waals surface area contributed by atoms with E-state index < -0.39 is 0 Å². The molecule has 0 N–H and O–H groups in total. The van der Waals surface area contributed by atoms with Crippen molar-refractivity contribution in [2.75, 3.05) is 0 Å². The second-order valence-corrected chi connectivity index (χ2v) is 8.52. The molecule has 2 atom stereocenters. The van der Waals surface area contributed by atoms with Crippen molar-refractivity contribution in [1.82, 2.24) is 0 Å². The highest BCUT2D eigenvalue weighted by Gasteiger charge is 2.12. The lowest BCUT2D eigenvalue weighted by Crippen LogP contribution is -2.07. The van der Waals surface area contributed by atoms with E-state index in [1.165, 1.54) is 122 Å². The van der Waals surface area contributed by atoms with E-state index in [1.54, 1.807) is 0 Å². The van der Waals surface area contributed by atoms with Gasteiger partial charge in [-0.3, -0.25) is 0 Å². The molecule has 0 radical (unpaired) electrons. The van der Waals surface area contributed by atoms with Crippen LogP contribution in [0.4, 0.5) is 0 Å². The van der Waals surface area contributed by atoms with Gasteiger partial charge in [0.05, 0.1) is 0 Å². The van der Waals surface area contributed by atoms with Gasteiger partial charge in [-0.2, -0.15) is 0 Å². The smallest absolute Gasteiger partial charge is 0.0412 e. The summed E-state index contributed by atoms with van der Waals surface area (Å²) in [5.74, 6) is 1.99. The molecule has 0 heteroatoms. The topological polar surface area (TPSA) is 0 Å². The van der Waals surface area contributed by atoms with Gasteiger partial charge in [0.15, 0.2) is 0 Å². The molecule has 1 rings (SSSR count). The van der Waals surface area contributed by atoms with Gasteiger partial charge in [0.2, 0.25) is 0 Å². The van der Waals surface area contributed by atoms with Gasteiger partial charge in [-0.25, -0.2) is 0 Å². The lowest BCUT2D eigenvalue weighted by molar-refractivity contribution is 0.319. The third-order valence-electron chi connectivity index (χ3n) is 5.99. The molecule has 1 aliphatic carbocycles. The van der Waals surface area contributed by atoms with Crippen LogP contribution in [0.5, 0.6) is 0 Å². The van der Waals surface area contributed by atoms with Crippen LogP contribution in [0.3, 0.4) is 0 Å². The molecule has 0 aromatic carbocycles. The molecule has 2 unspecified atom stereocenters. The van der Waals surface area contributed by atoms with Crippen LogP contribution in [0.2, 0.25) is 0 Å². The van der Waals surface area contributed by atoms with Crippen LogP contribution in [-0.2, 0) is 0 Å². The molecular formula is C23H46. The summed E-state index contributed by atoms with van der Waals surface area (Å²) >= 11 is 0. The molecule has 0 aromatic heterocycles. The first-order chi connectivity index (χ1) is 11.3. The van der Waals surface area contributed by atoms with Crippen molar-refractivity contribution < 1.29 is 0 Å². The summed E-state index contributed by atoms with van der Waals surface area (Å²) in [7, 11) is 0. The van der Waals surface area contributed by atoms with Crippen molar-refractivity contribution in [3.63, 3.8) is 0 Å². The summed E-state index contributed by atoms with van der Waals surface area (Å²) in [5.41, 5.74) is 0. The minimum absolute atomic E-state index is 0.966. The Balaban J connectivity index is 2.28. The molecule has 1 fully saturated rings. The van der Waals surface area contributed by atoms with Gasteiger partial charge < -0.3 is 0 Å². The zero-order chi connectivity index (χ0) is 16.6. The molecule has 23 heavy (non-hydrogen) atoms. The highest BCUT2D eigenvalue weighted by Crippen LogP contribution is 2.27. The van der Waals surface area contributed by atoms with Gasteiger partial charge >= 0.3 is 0 Å². The van der Waals surface area contributed by atoms with E-state index >= 15 is 0 Å². The number of hydrogen-bond donors (Lipinski definition) is 0. The minimum atomic E-state index is 0.966. The number of rotatable bonds is 2. The van der Waals surface area contributed by atoms with Crippen LogP contribution in [0.1, 0.15) is 136 Å². The lowest BCUT2D eigenvalue weighted by atomic mass is 9.85. The average molecular weight is 323 g/mol. The van der Waals surface area contributed by atoms with Gasteiger partial charge in [-0.1, -0.05) is 129 Å². The molecule has 0 aromatic rings. The Morgan fingerprint density at radius 1 is 0.565 bits per heavy atom. The predicted octanol–water partition coefficient (Wildman–Crippen LogP) is 8.68. The Morgan fingerprint density at radius 2 is 0.957 bits per heavy atom. The van der Waals surface area contributed by atoms with Gasteiger partial charge in [0.25, 0.3) is 0 Å². The Labute approximate surface area is 148 Å². The van der Waals surface area contributed by atoms with E-state index in [0.717, 1.165) is 11.8 Å². The fourth-order valence-corrected chi connectivity index (χ4v) is 4.52. The molecule has 0 aliphatic heterocycles. The molecule has 138 valence electrons. The van der Waals surface area contributed by atoms with E-state index in [0.29, 0.717) is 0 Å². The number of hydrogen-bond acceptors (Lipinski definition) is 0. The largest absolute Gasteiger partial charge is 0.0654 e. The van der Waals surface area contributed by atoms with Gasteiger partial charge in [0, 0.05) is 0 Å². The highest BCUT2D eigenvalue weighted by molar-refractivity contribution is 4.65. The van der Waals surface area contributed by atoms with E-state index in [9.17, 15) is 0 Å². The highest BCUT2D eigenvalue weighted by atomic mass is 14.2. The quantitative estimate of drug-likeness (QED) is 0.477. The van der Waals surface area contributed by atoms with Crippen LogP contribution < -0.4 is 0 Å². The molecule has 0 bridgehead atoms. The molecule has 0 spiro atoms. The fourth-order valence-electron chi connectivity index (χ4n) is 4.52. The normalized spacial score (nSPS) is 28.4. The van der Waals surface area contributed by atoms with Gasteiger partial charge in [-0.05, 0) is 18.3 Å². The van der Waals surface area contributed by atoms with Crippen LogP contribution in [0, 0.1) is 11.8 Å². The minimum Gasteiger partial charge on any atom is -0.0654 e. The average Bonchev–Trinajstić information content (AvgIpc) is 2.53. The summed E-state index contributed by atoms with van der Waals surface area (Å²) < 4.78 is 0. The third-order valence-corrected chi connectivity index (χ3v) is 5.99. The molecule has 1 saturated carbocycles. The first-order valence-corrected chi connectivity index (χ1v) is 11.3. The predicted molar refractivity (Wildman–Crippen MR) is 106 cm³/mol. The maximum absolute atomic E-state index is 2.52. The molecule has 0 amide bonds. The van der Waals surface area contributed by atoms with Crippen LogP contribution >= 0.6 is 0 Å². The van der Waals surface area contributed by atoms with E-state index in [-0.39, 0.29) is 0 Å². The van der Waals surface area contributed by atoms with Crippen molar-refractivity contribution in [1.29, 1.82) is 0 Å². The maximum atomic E-state index is 2.52. The monoisotopic (exact) mass is 322 g/mol. The standard InChI is InChI=1S/C23H46/c1-3-18-23-20-17-15-13-11-9-7-5-4-6-8-10-12-14-16-19-22(2)21-23/h22-23H,3-21H2,1-2H3. The Kier molecular flexibility index (Phi) is 14.2. The molecule has 0 saturated heterocycles. The van der Waals surface area contributed by atoms with Gasteiger partial charge in [0.1, 0.15) is 0 Å². The molecule has 0 nitrogen and oxygen atoms in total. The summed E-state index contributed by atoms with van der Waals surface area (Å²) in [4.78, 5) is 0. The van der Waals surface area contributed by atoms with E-state index in [2.05, 4.69) is 13.8 Å². The summed E-state index contributed by atoms with van der Waals surface area (Å²) in [6, 6.07) is 0. The SMILES string of the molecule is CCCC1CCCCCCCCCCCCCCCCC(C)C1. The van der Waals surface area contributed by atoms with Crippen LogP contribution in [-0.4, -0.2) is 0 Å². The van der Waals surface area contributed by atoms with Crippen molar-refractivity contribution in [3.05, 3.63) is 0 Å². The molecule has 1 aliphatic rings. The first kappa shape index (κ1) is 21.0. The van der Waals surface area contributed by atoms with Crippen molar-refractivity contribution >= 4 is 0 Å². The van der Waals surface area contributed by atoms with Gasteiger partial charge in [-0.15, -0.1) is 0 Å². The maximum Gasteiger partial charge on any atom is -0.0412 e. The summed E-state index contributed by atoms with van der Waals surface area (Å²) in [6.45, 7) is 4.89. The van der Waals surface area contributed by atoms with Crippen LogP contribution in [0.25, 0.3) is 0 Å².